The molecule has 0 aliphatic heterocycles. The van der Waals surface area contributed by atoms with Crippen LogP contribution in [0, 0.1) is 16.7 Å². The van der Waals surface area contributed by atoms with Crippen molar-refractivity contribution in [3.63, 3.8) is 0 Å². The van der Waals surface area contributed by atoms with E-state index < -0.39 is 89.5 Å². The lowest BCUT2D eigenvalue weighted by Crippen LogP contribution is -2.73. The highest BCUT2D eigenvalue weighted by Gasteiger charge is 2.74. The molecular formula is C29H40O11. The largest absolute Gasteiger partial charge is 0.459 e. The molecule has 1 aromatic rings. The Morgan fingerprint density at radius 1 is 1.05 bits per heavy atom. The van der Waals surface area contributed by atoms with Gasteiger partial charge in [-0.3, -0.25) is 4.79 Å². The van der Waals surface area contributed by atoms with E-state index in [2.05, 4.69) is 0 Å². The van der Waals surface area contributed by atoms with Crippen LogP contribution >= 0.6 is 0 Å². The molecule has 3 aliphatic carbocycles. The minimum absolute atomic E-state index is 0.00277. The Morgan fingerprint density at radius 2 is 1.65 bits per heavy atom. The Kier molecular flexibility index (Phi) is 7.77. The Morgan fingerprint density at radius 3 is 2.20 bits per heavy atom. The molecular weight excluding hydrogens is 524 g/mol. The average Bonchev–Trinajstić information content (AvgIpc) is 3.13. The molecule has 7 N–H and O–H groups in total. The molecule has 0 bridgehead atoms. The number of aliphatic hydroxyl groups is 7. The Hall–Kier alpha value is -2.38. The fourth-order valence-electron chi connectivity index (χ4n) is 7.57. The second-order valence-electron chi connectivity index (χ2n) is 12.3. The molecule has 0 unspecified atom stereocenters. The zero-order chi connectivity index (χ0) is 30.0. The van der Waals surface area contributed by atoms with Crippen molar-refractivity contribution in [2.24, 2.45) is 16.7 Å². The molecule has 10 atom stereocenters. The second kappa shape index (κ2) is 10.2. The maximum Gasteiger partial charge on any atom is 0.338 e. The van der Waals surface area contributed by atoms with E-state index in [1.807, 2.05) is 0 Å². The van der Waals surface area contributed by atoms with Crippen LogP contribution in [0.1, 0.15) is 57.8 Å². The van der Waals surface area contributed by atoms with Gasteiger partial charge in [0.1, 0.15) is 24.4 Å². The number of fused-ring (bicyclic) bond motifs is 2. The van der Waals surface area contributed by atoms with Gasteiger partial charge in [0, 0.05) is 24.7 Å². The average molecular weight is 565 g/mol. The summed E-state index contributed by atoms with van der Waals surface area (Å²) >= 11 is 0. The van der Waals surface area contributed by atoms with Gasteiger partial charge in [-0.25, -0.2) is 4.79 Å². The number of hydrogen-bond donors (Lipinski definition) is 7. The molecule has 0 saturated heterocycles. The molecule has 0 aromatic heterocycles. The molecule has 2 fully saturated rings. The summed E-state index contributed by atoms with van der Waals surface area (Å²) in [5.74, 6) is -3.29. The Balaban J connectivity index is 1.94. The van der Waals surface area contributed by atoms with Gasteiger partial charge in [-0.05, 0) is 50.5 Å². The van der Waals surface area contributed by atoms with Crippen LogP contribution in [0.25, 0.3) is 0 Å². The summed E-state index contributed by atoms with van der Waals surface area (Å²) in [5.41, 5.74) is -7.55. The molecule has 11 heteroatoms. The van der Waals surface area contributed by atoms with Crippen LogP contribution in [0.4, 0.5) is 0 Å². The Labute approximate surface area is 232 Å². The van der Waals surface area contributed by atoms with Crippen molar-refractivity contribution in [3.8, 4) is 0 Å². The number of rotatable bonds is 5. The lowest BCUT2D eigenvalue weighted by atomic mass is 9.51. The molecule has 2 saturated carbocycles. The van der Waals surface area contributed by atoms with Crippen LogP contribution in [0.3, 0.4) is 0 Å². The van der Waals surface area contributed by atoms with Crippen LogP contribution in [-0.2, 0) is 14.3 Å². The molecule has 0 radical (unpaired) electrons. The third kappa shape index (κ3) is 4.30. The smallest absolute Gasteiger partial charge is 0.338 e. The van der Waals surface area contributed by atoms with E-state index >= 15 is 0 Å². The molecule has 11 nitrogen and oxygen atoms in total. The number of carbonyl (C=O) groups is 2. The zero-order valence-electron chi connectivity index (χ0n) is 23.3. The lowest BCUT2D eigenvalue weighted by Gasteiger charge is -2.59. The fraction of sp³-hybridized carbons (Fsp3) is 0.655. The topological polar surface area (TPSA) is 194 Å². The third-order valence-electron chi connectivity index (χ3n) is 9.74. The molecule has 222 valence electrons. The van der Waals surface area contributed by atoms with Crippen molar-refractivity contribution in [1.82, 2.24) is 0 Å². The summed E-state index contributed by atoms with van der Waals surface area (Å²) < 4.78 is 10.9. The van der Waals surface area contributed by atoms with Gasteiger partial charge in [0.05, 0.1) is 41.0 Å². The second-order valence-corrected chi connectivity index (χ2v) is 12.3. The van der Waals surface area contributed by atoms with Crippen molar-refractivity contribution in [1.29, 1.82) is 0 Å². The van der Waals surface area contributed by atoms with E-state index in [4.69, 9.17) is 9.47 Å². The summed E-state index contributed by atoms with van der Waals surface area (Å²) in [6.07, 6.45) is -10.4. The van der Waals surface area contributed by atoms with Gasteiger partial charge in [-0.2, -0.15) is 0 Å². The first-order valence-corrected chi connectivity index (χ1v) is 13.4. The normalized spacial score (nSPS) is 41.5. The lowest BCUT2D eigenvalue weighted by molar-refractivity contribution is -0.287. The zero-order valence-corrected chi connectivity index (χ0v) is 23.3. The SMILES string of the molecule is CC(=O)O[C@H]1C[C@H](O)[C@]2(C)[C@H]([C@H](O)[C@]3(C(C)(C)O)C[C@H](O)C(C)=C3[C@@H](O)[C@@H]2O)[C@]1(O)COC(=O)c1ccccc1. The number of ether oxygens (including phenoxy) is 2. The van der Waals surface area contributed by atoms with Crippen LogP contribution in [0.15, 0.2) is 41.5 Å². The molecule has 0 heterocycles. The molecule has 3 aliphatic rings. The van der Waals surface area contributed by atoms with Gasteiger partial charge in [-0.15, -0.1) is 0 Å². The summed E-state index contributed by atoms with van der Waals surface area (Å²) in [6, 6.07) is 7.91. The fourth-order valence-corrected chi connectivity index (χ4v) is 7.57. The summed E-state index contributed by atoms with van der Waals surface area (Å²) in [5, 5.41) is 81.7. The van der Waals surface area contributed by atoms with Crippen LogP contribution in [-0.4, -0.2) is 102 Å². The van der Waals surface area contributed by atoms with E-state index in [-0.39, 0.29) is 23.1 Å². The van der Waals surface area contributed by atoms with Gasteiger partial charge in [-0.1, -0.05) is 25.1 Å². The van der Waals surface area contributed by atoms with E-state index in [9.17, 15) is 45.3 Å². The maximum atomic E-state index is 12.9. The van der Waals surface area contributed by atoms with E-state index in [1.54, 1.807) is 18.2 Å². The highest BCUT2D eigenvalue weighted by molar-refractivity contribution is 5.89. The van der Waals surface area contributed by atoms with Crippen molar-refractivity contribution in [2.75, 3.05) is 6.61 Å². The number of aliphatic hydroxyl groups excluding tert-OH is 5. The van der Waals surface area contributed by atoms with E-state index in [0.29, 0.717) is 0 Å². The molecule has 40 heavy (non-hydrogen) atoms. The first-order chi connectivity index (χ1) is 18.4. The van der Waals surface area contributed by atoms with Crippen molar-refractivity contribution in [3.05, 3.63) is 47.0 Å². The standard InChI is InChI=1S/C29H40O11/c1-14-17(31)12-28(26(3,4)37)20(14)21(33)23(34)27(5)18(32)11-19(40-15(2)30)29(38,22(27)24(28)35)13-39-25(36)16-9-7-6-8-10-16/h6-10,17-19,21-24,31-35,37-38H,11-13H2,1-5H3/t17-,18-,19-,21+,22-,23-,24-,27+,28-,29-/m0/s1. The van der Waals surface area contributed by atoms with Gasteiger partial charge in [0.25, 0.3) is 0 Å². The molecule has 0 spiro atoms. The van der Waals surface area contributed by atoms with Gasteiger partial charge in [0.2, 0.25) is 0 Å². The summed E-state index contributed by atoms with van der Waals surface area (Å²) in [6.45, 7) is 5.90. The van der Waals surface area contributed by atoms with Crippen molar-refractivity contribution >= 4 is 11.9 Å². The Bertz CT molecular complexity index is 1180. The highest BCUT2D eigenvalue weighted by atomic mass is 16.6. The quantitative estimate of drug-likeness (QED) is 0.185. The first kappa shape index (κ1) is 30.6. The van der Waals surface area contributed by atoms with Crippen LogP contribution in [0.5, 0.6) is 0 Å². The summed E-state index contributed by atoms with van der Waals surface area (Å²) in [4.78, 5) is 25.0. The van der Waals surface area contributed by atoms with Crippen molar-refractivity contribution in [2.45, 2.75) is 95.3 Å². The van der Waals surface area contributed by atoms with Gasteiger partial charge < -0.3 is 45.2 Å². The minimum Gasteiger partial charge on any atom is -0.459 e. The molecule has 1 aromatic carbocycles. The van der Waals surface area contributed by atoms with E-state index in [0.717, 1.165) is 6.92 Å². The predicted octanol–water partition coefficient (Wildman–Crippen LogP) is -0.172. The number of esters is 2. The molecule has 4 rings (SSSR count). The highest BCUT2D eigenvalue weighted by Crippen LogP contribution is 2.64. The predicted molar refractivity (Wildman–Crippen MR) is 140 cm³/mol. The first-order valence-electron chi connectivity index (χ1n) is 13.4. The number of hydrogen-bond acceptors (Lipinski definition) is 11. The van der Waals surface area contributed by atoms with Gasteiger partial charge >= 0.3 is 11.9 Å². The third-order valence-corrected chi connectivity index (χ3v) is 9.74. The maximum absolute atomic E-state index is 12.9. The number of benzene rings is 1. The van der Waals surface area contributed by atoms with Gasteiger partial charge in [0.15, 0.2) is 0 Å². The molecule has 0 amide bonds. The van der Waals surface area contributed by atoms with Crippen molar-refractivity contribution < 1.29 is 54.8 Å². The number of carbonyl (C=O) groups excluding carboxylic acids is 2. The monoisotopic (exact) mass is 564 g/mol. The minimum atomic E-state index is -2.42. The van der Waals surface area contributed by atoms with Crippen LogP contribution < -0.4 is 0 Å². The summed E-state index contributed by atoms with van der Waals surface area (Å²) in [7, 11) is 0. The van der Waals surface area contributed by atoms with E-state index in [1.165, 1.54) is 39.8 Å². The van der Waals surface area contributed by atoms with Crippen LogP contribution in [0.2, 0.25) is 0 Å².